The van der Waals surface area contributed by atoms with Crippen molar-refractivity contribution in [2.45, 2.75) is 59.8 Å². The monoisotopic (exact) mass is 495 g/mol. The number of carbonyl (C=O) groups excluding carboxylic acids is 2. The number of hydrogen-bond donors (Lipinski definition) is 2. The third-order valence-electron chi connectivity index (χ3n) is 6.02. The van der Waals surface area contributed by atoms with Crippen LogP contribution < -0.4 is 25.0 Å². The number of rotatable bonds is 11. The van der Waals surface area contributed by atoms with Gasteiger partial charge in [-0.25, -0.2) is 5.43 Å². The summed E-state index contributed by atoms with van der Waals surface area (Å²) in [5.74, 6) is 1.11. The van der Waals surface area contributed by atoms with E-state index in [0.29, 0.717) is 48.3 Å². The molecule has 8 heteroatoms. The van der Waals surface area contributed by atoms with Crippen molar-refractivity contribution >= 4 is 23.2 Å². The van der Waals surface area contributed by atoms with Crippen molar-refractivity contribution in [1.29, 1.82) is 0 Å². The van der Waals surface area contributed by atoms with Crippen LogP contribution in [0.2, 0.25) is 0 Å². The Morgan fingerprint density at radius 1 is 0.889 bits per heavy atom. The lowest BCUT2D eigenvalue weighted by molar-refractivity contribution is -0.120. The summed E-state index contributed by atoms with van der Waals surface area (Å²) in [4.78, 5) is 25.5. The zero-order valence-electron chi connectivity index (χ0n) is 21.7. The fourth-order valence-corrected chi connectivity index (χ4v) is 4.21. The van der Waals surface area contributed by atoms with Gasteiger partial charge in [-0.1, -0.05) is 31.4 Å². The van der Waals surface area contributed by atoms with Crippen LogP contribution >= 0.6 is 0 Å². The topological polar surface area (TPSA) is 98.2 Å². The van der Waals surface area contributed by atoms with Gasteiger partial charge in [0.2, 0.25) is 11.7 Å². The van der Waals surface area contributed by atoms with Crippen molar-refractivity contribution < 1.29 is 23.8 Å². The van der Waals surface area contributed by atoms with E-state index >= 15 is 0 Å². The van der Waals surface area contributed by atoms with Gasteiger partial charge >= 0.3 is 0 Å². The predicted octanol–water partition coefficient (Wildman–Crippen LogP) is 5.56. The molecule has 194 valence electrons. The van der Waals surface area contributed by atoms with E-state index in [0.717, 1.165) is 36.9 Å². The van der Waals surface area contributed by atoms with E-state index < -0.39 is 5.91 Å². The first-order valence-electron chi connectivity index (χ1n) is 12.8. The van der Waals surface area contributed by atoms with Crippen LogP contribution in [0.4, 0.5) is 5.69 Å². The molecule has 0 heterocycles. The molecule has 8 nitrogen and oxygen atoms in total. The van der Waals surface area contributed by atoms with E-state index in [4.69, 9.17) is 14.2 Å². The number of hydrogen-bond acceptors (Lipinski definition) is 6. The van der Waals surface area contributed by atoms with Crippen LogP contribution in [0, 0.1) is 5.92 Å². The van der Waals surface area contributed by atoms with Crippen molar-refractivity contribution in [3.05, 3.63) is 47.5 Å². The summed E-state index contributed by atoms with van der Waals surface area (Å²) >= 11 is 0. The summed E-state index contributed by atoms with van der Waals surface area (Å²) in [7, 11) is 0. The standard InChI is InChI=1S/C28H37N3O5/c1-5-34-24-17-22(18-25(35-6-2)26(24)36-7-3)28(33)31-30-19(4)21-14-11-15-23(16-21)29-27(32)20-12-9-8-10-13-20/h11,14-18,20H,5-10,12-13H2,1-4H3,(H,29,32)(H,31,33)/b30-19-. The van der Waals surface area contributed by atoms with E-state index in [1.807, 2.05) is 45.0 Å². The second-order valence-corrected chi connectivity index (χ2v) is 8.64. The van der Waals surface area contributed by atoms with Crippen LogP contribution in [0.1, 0.15) is 75.7 Å². The second kappa shape index (κ2) is 13.5. The normalized spacial score (nSPS) is 14.2. The van der Waals surface area contributed by atoms with Crippen LogP contribution in [-0.4, -0.2) is 37.3 Å². The molecule has 0 atom stereocenters. The molecule has 0 saturated heterocycles. The maximum Gasteiger partial charge on any atom is 0.271 e. The predicted molar refractivity (Wildman–Crippen MR) is 141 cm³/mol. The van der Waals surface area contributed by atoms with Gasteiger partial charge in [0.15, 0.2) is 11.5 Å². The van der Waals surface area contributed by atoms with E-state index in [1.165, 1.54) is 6.42 Å². The third kappa shape index (κ3) is 7.23. The highest BCUT2D eigenvalue weighted by Gasteiger charge is 2.21. The van der Waals surface area contributed by atoms with Crippen molar-refractivity contribution in [3.63, 3.8) is 0 Å². The van der Waals surface area contributed by atoms with E-state index in [2.05, 4.69) is 15.8 Å². The molecular formula is C28H37N3O5. The van der Waals surface area contributed by atoms with Crippen LogP contribution in [0.5, 0.6) is 17.2 Å². The third-order valence-corrected chi connectivity index (χ3v) is 6.02. The van der Waals surface area contributed by atoms with Crippen LogP contribution in [0.25, 0.3) is 0 Å². The molecule has 2 N–H and O–H groups in total. The quantitative estimate of drug-likeness (QED) is 0.314. The van der Waals surface area contributed by atoms with E-state index in [1.54, 1.807) is 19.1 Å². The first kappa shape index (κ1) is 27.0. The molecular weight excluding hydrogens is 458 g/mol. The van der Waals surface area contributed by atoms with Gasteiger partial charge in [-0.3, -0.25) is 9.59 Å². The Labute approximate surface area is 213 Å². The zero-order valence-corrected chi connectivity index (χ0v) is 21.7. The lowest BCUT2D eigenvalue weighted by Crippen LogP contribution is -2.24. The van der Waals surface area contributed by atoms with Gasteiger partial charge in [-0.2, -0.15) is 5.10 Å². The van der Waals surface area contributed by atoms with Gasteiger partial charge in [-0.15, -0.1) is 0 Å². The van der Waals surface area contributed by atoms with Crippen LogP contribution in [0.15, 0.2) is 41.5 Å². The minimum atomic E-state index is -0.402. The summed E-state index contributed by atoms with van der Waals surface area (Å²) < 4.78 is 17.1. The Kier molecular flexibility index (Phi) is 10.2. The van der Waals surface area contributed by atoms with E-state index in [-0.39, 0.29) is 11.8 Å². The number of carbonyl (C=O) groups is 2. The molecule has 3 rings (SSSR count). The Bertz CT molecular complexity index is 1050. The fraction of sp³-hybridized carbons (Fsp3) is 0.464. The second-order valence-electron chi connectivity index (χ2n) is 8.64. The molecule has 0 radical (unpaired) electrons. The molecule has 0 aliphatic heterocycles. The van der Waals surface area contributed by atoms with Crippen molar-refractivity contribution in [2.75, 3.05) is 25.1 Å². The van der Waals surface area contributed by atoms with Gasteiger partial charge in [0.1, 0.15) is 0 Å². The van der Waals surface area contributed by atoms with Gasteiger partial charge in [0.25, 0.3) is 5.91 Å². The Balaban J connectivity index is 1.73. The van der Waals surface area contributed by atoms with Gasteiger partial charge < -0.3 is 19.5 Å². The lowest BCUT2D eigenvalue weighted by Gasteiger charge is -2.20. The molecule has 2 amide bonds. The number of anilines is 1. The Morgan fingerprint density at radius 2 is 1.53 bits per heavy atom. The summed E-state index contributed by atoms with van der Waals surface area (Å²) in [6, 6.07) is 10.7. The molecule has 0 aromatic heterocycles. The summed E-state index contributed by atoms with van der Waals surface area (Å²) in [6.45, 7) is 8.68. The molecule has 0 bridgehead atoms. The molecule has 1 aliphatic rings. The summed E-state index contributed by atoms with van der Waals surface area (Å²) in [5, 5.41) is 7.31. The van der Waals surface area contributed by atoms with Gasteiger partial charge in [0, 0.05) is 17.2 Å². The minimum absolute atomic E-state index is 0.0699. The van der Waals surface area contributed by atoms with Gasteiger partial charge in [-0.05, 0) is 70.4 Å². The van der Waals surface area contributed by atoms with Gasteiger partial charge in [0.05, 0.1) is 25.5 Å². The number of hydrazone groups is 1. The van der Waals surface area contributed by atoms with Crippen LogP contribution in [-0.2, 0) is 4.79 Å². The minimum Gasteiger partial charge on any atom is -0.490 e. The highest BCUT2D eigenvalue weighted by atomic mass is 16.5. The summed E-state index contributed by atoms with van der Waals surface area (Å²) in [5.41, 5.74) is 5.08. The average molecular weight is 496 g/mol. The molecule has 1 fully saturated rings. The number of nitrogens with one attached hydrogen (secondary N) is 2. The number of benzene rings is 2. The van der Waals surface area contributed by atoms with Crippen molar-refractivity contribution in [1.82, 2.24) is 5.43 Å². The van der Waals surface area contributed by atoms with Crippen molar-refractivity contribution in [3.8, 4) is 17.2 Å². The Hall–Kier alpha value is -3.55. The number of amides is 2. The Morgan fingerprint density at radius 3 is 2.14 bits per heavy atom. The molecule has 36 heavy (non-hydrogen) atoms. The SMILES string of the molecule is CCOc1cc(C(=O)N/N=C(/C)c2cccc(NC(=O)C3CCCCC3)c2)cc(OCC)c1OCC. The maximum atomic E-state index is 12.9. The number of ether oxygens (including phenoxy) is 3. The fourth-order valence-electron chi connectivity index (χ4n) is 4.21. The van der Waals surface area contributed by atoms with Crippen molar-refractivity contribution in [2.24, 2.45) is 11.0 Å². The number of nitrogens with zero attached hydrogens (tertiary/aromatic N) is 1. The average Bonchev–Trinajstić information content (AvgIpc) is 2.89. The first-order valence-corrected chi connectivity index (χ1v) is 12.8. The smallest absolute Gasteiger partial charge is 0.271 e. The van der Waals surface area contributed by atoms with Crippen LogP contribution in [0.3, 0.4) is 0 Å². The zero-order chi connectivity index (χ0) is 25.9. The molecule has 1 aliphatic carbocycles. The summed E-state index contributed by atoms with van der Waals surface area (Å²) in [6.07, 6.45) is 5.31. The molecule has 0 spiro atoms. The first-order chi connectivity index (χ1) is 17.5. The molecule has 2 aromatic carbocycles. The maximum absolute atomic E-state index is 12.9. The lowest BCUT2D eigenvalue weighted by atomic mass is 9.88. The molecule has 2 aromatic rings. The molecule has 0 unspecified atom stereocenters. The highest BCUT2D eigenvalue weighted by Crippen LogP contribution is 2.39. The van der Waals surface area contributed by atoms with E-state index in [9.17, 15) is 9.59 Å². The largest absolute Gasteiger partial charge is 0.490 e. The highest BCUT2D eigenvalue weighted by molar-refractivity contribution is 6.02. The molecule has 1 saturated carbocycles.